The predicted octanol–water partition coefficient (Wildman–Crippen LogP) is 4.07. The summed E-state index contributed by atoms with van der Waals surface area (Å²) in [6.07, 6.45) is 2.89. The summed E-state index contributed by atoms with van der Waals surface area (Å²) in [5, 5.41) is 0.592. The molecule has 0 amide bonds. The molecule has 1 N–H and O–H groups in total. The van der Waals surface area contributed by atoms with Crippen LogP contribution in [0.15, 0.2) is 41.3 Å². The Morgan fingerprint density at radius 3 is 2.59 bits per heavy atom. The Balaban J connectivity index is 1.46. The first-order valence-electron chi connectivity index (χ1n) is 9.42. The van der Waals surface area contributed by atoms with Crippen molar-refractivity contribution in [1.82, 2.24) is 9.62 Å². The van der Waals surface area contributed by atoms with E-state index in [1.165, 1.54) is 11.1 Å². The van der Waals surface area contributed by atoms with E-state index in [9.17, 15) is 8.42 Å². The van der Waals surface area contributed by atoms with Gasteiger partial charge in [0.05, 0.1) is 4.90 Å². The smallest absolute Gasteiger partial charge is 0.240 e. The number of nitrogens with one attached hydrogen (secondary N) is 1. The van der Waals surface area contributed by atoms with Crippen molar-refractivity contribution in [2.24, 2.45) is 0 Å². The van der Waals surface area contributed by atoms with E-state index >= 15 is 0 Å². The van der Waals surface area contributed by atoms with Crippen LogP contribution in [-0.2, 0) is 23.0 Å². The minimum atomic E-state index is -3.50. The molecule has 4 nitrogen and oxygen atoms in total. The van der Waals surface area contributed by atoms with Crippen molar-refractivity contribution in [3.05, 3.63) is 63.7 Å². The molecule has 146 valence electrons. The summed E-state index contributed by atoms with van der Waals surface area (Å²) in [4.78, 5) is 2.76. The average Bonchev–Trinajstić information content (AvgIpc) is 2.64. The van der Waals surface area contributed by atoms with Crippen molar-refractivity contribution in [3.8, 4) is 0 Å². The molecule has 0 aromatic heterocycles. The van der Waals surface area contributed by atoms with Crippen molar-refractivity contribution in [2.45, 2.75) is 44.6 Å². The molecule has 0 radical (unpaired) electrons. The summed E-state index contributed by atoms with van der Waals surface area (Å²) in [6, 6.07) is 12.0. The van der Waals surface area contributed by atoms with Crippen LogP contribution < -0.4 is 4.72 Å². The number of benzene rings is 2. The zero-order chi connectivity index (χ0) is 19.4. The number of halogens is 1. The van der Waals surface area contributed by atoms with Crippen LogP contribution in [0, 0.1) is 13.8 Å². The van der Waals surface area contributed by atoms with Gasteiger partial charge in [-0.05, 0) is 74.0 Å². The average molecular weight is 407 g/mol. The van der Waals surface area contributed by atoms with Gasteiger partial charge in [0.2, 0.25) is 10.0 Å². The second-order valence-corrected chi connectivity index (χ2v) is 9.41. The Labute approximate surface area is 167 Å². The molecular formula is C21H27ClN2O2S. The van der Waals surface area contributed by atoms with E-state index < -0.39 is 10.0 Å². The highest BCUT2D eigenvalue weighted by molar-refractivity contribution is 7.89. The van der Waals surface area contributed by atoms with Gasteiger partial charge in [0.25, 0.3) is 0 Å². The van der Waals surface area contributed by atoms with Crippen LogP contribution in [-0.4, -0.2) is 33.0 Å². The number of hydrogen-bond donors (Lipinski definition) is 1. The zero-order valence-corrected chi connectivity index (χ0v) is 17.5. The lowest BCUT2D eigenvalue weighted by molar-refractivity contribution is 0.249. The van der Waals surface area contributed by atoms with Gasteiger partial charge in [0.15, 0.2) is 0 Å². The van der Waals surface area contributed by atoms with Gasteiger partial charge in [-0.25, -0.2) is 13.1 Å². The lowest BCUT2D eigenvalue weighted by atomic mass is 10.00. The van der Waals surface area contributed by atoms with Crippen molar-refractivity contribution >= 4 is 21.6 Å². The Hall–Kier alpha value is -1.40. The fraction of sp³-hybridized carbons (Fsp3) is 0.429. The fourth-order valence-electron chi connectivity index (χ4n) is 3.53. The molecule has 0 spiro atoms. The van der Waals surface area contributed by atoms with Crippen LogP contribution in [0.3, 0.4) is 0 Å². The highest BCUT2D eigenvalue weighted by Gasteiger charge is 2.18. The third-order valence-corrected chi connectivity index (χ3v) is 7.16. The molecule has 3 rings (SSSR count). The Bertz CT molecular complexity index is 912. The molecule has 1 heterocycles. The molecule has 0 unspecified atom stereocenters. The number of fused-ring (bicyclic) bond motifs is 1. The van der Waals surface area contributed by atoms with Crippen molar-refractivity contribution in [3.63, 3.8) is 0 Å². The molecule has 2 aromatic carbocycles. The van der Waals surface area contributed by atoms with Crippen LogP contribution in [0.4, 0.5) is 0 Å². The van der Waals surface area contributed by atoms with E-state index in [1.807, 2.05) is 6.92 Å². The molecule has 2 aromatic rings. The molecule has 1 aliphatic rings. The summed E-state index contributed by atoms with van der Waals surface area (Å²) < 4.78 is 27.8. The molecule has 27 heavy (non-hydrogen) atoms. The summed E-state index contributed by atoms with van der Waals surface area (Å²) in [6.45, 7) is 7.10. The maximum Gasteiger partial charge on any atom is 0.240 e. The van der Waals surface area contributed by atoms with Gasteiger partial charge in [-0.3, -0.25) is 4.90 Å². The first-order chi connectivity index (χ1) is 12.9. The van der Waals surface area contributed by atoms with Crippen molar-refractivity contribution in [2.75, 3.05) is 19.6 Å². The number of nitrogens with zero attached hydrogens (tertiary/aromatic N) is 1. The highest BCUT2D eigenvalue weighted by atomic mass is 35.5. The zero-order valence-electron chi connectivity index (χ0n) is 16.0. The minimum Gasteiger partial charge on any atom is -0.299 e. The lowest BCUT2D eigenvalue weighted by Crippen LogP contribution is -2.32. The van der Waals surface area contributed by atoms with Crippen LogP contribution in [0.5, 0.6) is 0 Å². The highest BCUT2D eigenvalue weighted by Crippen LogP contribution is 2.24. The summed E-state index contributed by atoms with van der Waals surface area (Å²) in [5.41, 5.74) is 4.31. The van der Waals surface area contributed by atoms with Crippen molar-refractivity contribution in [1.29, 1.82) is 0 Å². The van der Waals surface area contributed by atoms with E-state index in [0.717, 1.165) is 44.5 Å². The number of aryl methyl sites for hydroxylation is 2. The van der Waals surface area contributed by atoms with E-state index in [-0.39, 0.29) is 0 Å². The number of sulfonamides is 1. The maximum atomic E-state index is 12.6. The first kappa shape index (κ1) is 20.3. The molecule has 0 fully saturated rings. The van der Waals surface area contributed by atoms with Gasteiger partial charge in [-0.1, -0.05) is 35.9 Å². The van der Waals surface area contributed by atoms with E-state index in [4.69, 9.17) is 11.6 Å². The second kappa shape index (κ2) is 8.74. The maximum absolute atomic E-state index is 12.6. The number of hydrogen-bond acceptors (Lipinski definition) is 3. The van der Waals surface area contributed by atoms with Gasteiger partial charge in [0, 0.05) is 24.7 Å². The molecule has 1 aliphatic heterocycles. The summed E-state index contributed by atoms with van der Waals surface area (Å²) in [7, 11) is -3.50. The normalized spacial score (nSPS) is 14.9. The van der Waals surface area contributed by atoms with Gasteiger partial charge in [-0.2, -0.15) is 0 Å². The molecule has 6 heteroatoms. The topological polar surface area (TPSA) is 49.4 Å². The standard InChI is InChI=1S/C21H27ClN2O2S/c1-16-14-21(17(2)13-20(16)22)27(25,26)23-10-5-6-11-24-12-9-18-7-3-4-8-19(18)15-24/h3-4,7-8,13-14,23H,5-6,9-12,15H2,1-2H3. The Morgan fingerprint density at radius 1 is 1.07 bits per heavy atom. The predicted molar refractivity (Wildman–Crippen MR) is 111 cm³/mol. The van der Waals surface area contributed by atoms with E-state index in [0.29, 0.717) is 22.0 Å². The van der Waals surface area contributed by atoms with Gasteiger partial charge in [-0.15, -0.1) is 0 Å². The van der Waals surface area contributed by atoms with Crippen molar-refractivity contribution < 1.29 is 8.42 Å². The van der Waals surface area contributed by atoms with E-state index in [2.05, 4.69) is 33.9 Å². The molecule has 0 bridgehead atoms. The molecule has 0 saturated carbocycles. The van der Waals surface area contributed by atoms with E-state index in [1.54, 1.807) is 19.1 Å². The molecule has 0 aliphatic carbocycles. The van der Waals surface area contributed by atoms with Crippen LogP contribution in [0.25, 0.3) is 0 Å². The third-order valence-electron chi connectivity index (χ3n) is 5.15. The second-order valence-electron chi connectivity index (χ2n) is 7.27. The van der Waals surface area contributed by atoms with Crippen LogP contribution in [0.2, 0.25) is 5.02 Å². The van der Waals surface area contributed by atoms with Crippen LogP contribution in [0.1, 0.15) is 35.1 Å². The van der Waals surface area contributed by atoms with Gasteiger partial charge < -0.3 is 0 Å². The molecule has 0 atom stereocenters. The minimum absolute atomic E-state index is 0.317. The first-order valence-corrected chi connectivity index (χ1v) is 11.3. The Morgan fingerprint density at radius 2 is 1.81 bits per heavy atom. The number of rotatable bonds is 7. The van der Waals surface area contributed by atoms with Gasteiger partial charge >= 0.3 is 0 Å². The lowest BCUT2D eigenvalue weighted by Gasteiger charge is -2.28. The molecular weight excluding hydrogens is 380 g/mol. The summed E-state index contributed by atoms with van der Waals surface area (Å²) in [5.74, 6) is 0. The monoisotopic (exact) mass is 406 g/mol. The largest absolute Gasteiger partial charge is 0.299 e. The Kier molecular flexibility index (Phi) is 6.58. The number of unbranched alkanes of at least 4 members (excludes halogenated alkanes) is 1. The van der Waals surface area contributed by atoms with Crippen LogP contribution >= 0.6 is 11.6 Å². The molecule has 0 saturated heterocycles. The third kappa shape index (κ3) is 5.11. The fourth-order valence-corrected chi connectivity index (χ4v) is 5.14. The SMILES string of the molecule is Cc1cc(S(=O)(=O)NCCCCN2CCc3ccccc3C2)c(C)cc1Cl. The summed E-state index contributed by atoms with van der Waals surface area (Å²) >= 11 is 6.07. The quantitative estimate of drug-likeness (QED) is 0.705. The van der Waals surface area contributed by atoms with Gasteiger partial charge in [0.1, 0.15) is 0 Å².